The number of rotatable bonds is 2. The Morgan fingerprint density at radius 2 is 2.12 bits per heavy atom. The highest BCUT2D eigenvalue weighted by atomic mass is 32.1. The minimum absolute atomic E-state index is 0.0485. The molecular weight excluding hydrogens is 230 g/mol. The van der Waals surface area contributed by atoms with Crippen LogP contribution in [0.5, 0.6) is 0 Å². The Labute approximate surface area is 103 Å². The summed E-state index contributed by atoms with van der Waals surface area (Å²) in [5.74, 6) is 0. The maximum atomic E-state index is 9.33. The van der Waals surface area contributed by atoms with E-state index in [4.69, 9.17) is 0 Å². The Bertz CT molecular complexity index is 646. The number of nitrogens with zero attached hydrogens (tertiary/aromatic N) is 1. The third-order valence-corrected chi connectivity index (χ3v) is 3.71. The lowest BCUT2D eigenvalue weighted by molar-refractivity contribution is 0.283. The van der Waals surface area contributed by atoms with Gasteiger partial charge in [-0.25, -0.2) is 0 Å². The standard InChI is InChI=1S/C14H11NOS/c16-9-10-3-1-4-13-12(10)7-11(8-15-13)14-5-2-6-17-14/h1-8,16H,9H2. The first-order chi connectivity index (χ1) is 8.38. The molecule has 0 aliphatic heterocycles. The van der Waals surface area contributed by atoms with Crippen molar-refractivity contribution in [2.75, 3.05) is 0 Å². The van der Waals surface area contributed by atoms with Crippen LogP contribution in [-0.4, -0.2) is 10.1 Å². The summed E-state index contributed by atoms with van der Waals surface area (Å²) in [6.45, 7) is 0.0485. The van der Waals surface area contributed by atoms with Gasteiger partial charge in [-0.1, -0.05) is 18.2 Å². The van der Waals surface area contributed by atoms with E-state index in [1.54, 1.807) is 11.3 Å². The minimum Gasteiger partial charge on any atom is -0.392 e. The molecule has 3 rings (SSSR count). The Balaban J connectivity index is 2.24. The first kappa shape index (κ1) is 10.4. The molecule has 0 fully saturated rings. The van der Waals surface area contributed by atoms with Crippen LogP contribution in [0.2, 0.25) is 0 Å². The van der Waals surface area contributed by atoms with E-state index in [2.05, 4.69) is 22.5 Å². The summed E-state index contributed by atoms with van der Waals surface area (Å²) in [6.07, 6.45) is 1.88. The third kappa shape index (κ3) is 1.84. The third-order valence-electron chi connectivity index (χ3n) is 2.79. The van der Waals surface area contributed by atoms with Crippen LogP contribution in [0, 0.1) is 0 Å². The molecule has 3 heteroatoms. The molecule has 84 valence electrons. The van der Waals surface area contributed by atoms with Crippen LogP contribution >= 0.6 is 11.3 Å². The number of aromatic nitrogens is 1. The topological polar surface area (TPSA) is 33.1 Å². The molecule has 17 heavy (non-hydrogen) atoms. The summed E-state index contributed by atoms with van der Waals surface area (Å²) in [5, 5.41) is 12.4. The van der Waals surface area contributed by atoms with E-state index < -0.39 is 0 Å². The summed E-state index contributed by atoms with van der Waals surface area (Å²) in [6, 6.07) is 12.0. The van der Waals surface area contributed by atoms with Gasteiger partial charge in [0.05, 0.1) is 12.1 Å². The predicted molar refractivity (Wildman–Crippen MR) is 71.0 cm³/mol. The quantitative estimate of drug-likeness (QED) is 0.745. The van der Waals surface area contributed by atoms with E-state index >= 15 is 0 Å². The number of thiophene rings is 1. The van der Waals surface area contributed by atoms with Crippen molar-refractivity contribution in [1.29, 1.82) is 0 Å². The Morgan fingerprint density at radius 1 is 1.18 bits per heavy atom. The zero-order valence-electron chi connectivity index (χ0n) is 9.13. The van der Waals surface area contributed by atoms with Crippen LogP contribution < -0.4 is 0 Å². The Kier molecular flexibility index (Phi) is 2.63. The van der Waals surface area contributed by atoms with Crippen LogP contribution in [-0.2, 0) is 6.61 Å². The molecule has 0 radical (unpaired) electrons. The molecule has 0 saturated carbocycles. The van der Waals surface area contributed by atoms with E-state index in [0.29, 0.717) is 0 Å². The second kappa shape index (κ2) is 4.28. The lowest BCUT2D eigenvalue weighted by Gasteiger charge is -2.05. The van der Waals surface area contributed by atoms with Crippen molar-refractivity contribution in [3.63, 3.8) is 0 Å². The second-order valence-corrected chi connectivity index (χ2v) is 4.79. The summed E-state index contributed by atoms with van der Waals surface area (Å²) in [4.78, 5) is 5.64. The van der Waals surface area contributed by atoms with Gasteiger partial charge in [-0.2, -0.15) is 0 Å². The van der Waals surface area contributed by atoms with E-state index in [9.17, 15) is 5.11 Å². The lowest BCUT2D eigenvalue weighted by Crippen LogP contribution is -1.88. The average Bonchev–Trinajstić information content (AvgIpc) is 2.91. The van der Waals surface area contributed by atoms with E-state index in [-0.39, 0.29) is 6.61 Å². The molecule has 0 unspecified atom stereocenters. The van der Waals surface area contributed by atoms with Gasteiger partial charge in [-0.3, -0.25) is 4.98 Å². The van der Waals surface area contributed by atoms with Gasteiger partial charge >= 0.3 is 0 Å². The largest absolute Gasteiger partial charge is 0.392 e. The Morgan fingerprint density at radius 3 is 2.88 bits per heavy atom. The van der Waals surface area contributed by atoms with Gasteiger partial charge in [0.2, 0.25) is 0 Å². The summed E-state index contributed by atoms with van der Waals surface area (Å²) in [5.41, 5.74) is 2.96. The summed E-state index contributed by atoms with van der Waals surface area (Å²) >= 11 is 1.70. The number of fused-ring (bicyclic) bond motifs is 1. The molecule has 0 aliphatic carbocycles. The van der Waals surface area contributed by atoms with Crippen LogP contribution in [0.25, 0.3) is 21.3 Å². The molecule has 0 spiro atoms. The molecule has 1 aromatic carbocycles. The fourth-order valence-corrected chi connectivity index (χ4v) is 2.63. The van der Waals surface area contributed by atoms with Crippen molar-refractivity contribution in [1.82, 2.24) is 4.98 Å². The molecule has 0 atom stereocenters. The summed E-state index contributed by atoms with van der Waals surface area (Å²) < 4.78 is 0. The van der Waals surface area contributed by atoms with Crippen molar-refractivity contribution >= 4 is 22.2 Å². The molecule has 0 saturated heterocycles. The molecule has 0 aliphatic rings. The fourth-order valence-electron chi connectivity index (χ4n) is 1.93. The number of aliphatic hydroxyl groups excluding tert-OH is 1. The molecule has 2 aromatic heterocycles. The van der Waals surface area contributed by atoms with Crippen molar-refractivity contribution in [2.45, 2.75) is 6.61 Å². The predicted octanol–water partition coefficient (Wildman–Crippen LogP) is 3.46. The zero-order chi connectivity index (χ0) is 11.7. The molecular formula is C14H11NOS. The molecule has 2 heterocycles. The van der Waals surface area contributed by atoms with Gasteiger partial charge in [-0.05, 0) is 29.1 Å². The van der Waals surface area contributed by atoms with Gasteiger partial charge in [-0.15, -0.1) is 11.3 Å². The van der Waals surface area contributed by atoms with Crippen LogP contribution in [0.4, 0.5) is 0 Å². The Hall–Kier alpha value is -1.71. The molecule has 0 amide bonds. The maximum absolute atomic E-state index is 9.33. The van der Waals surface area contributed by atoms with Gasteiger partial charge in [0.15, 0.2) is 0 Å². The smallest absolute Gasteiger partial charge is 0.0706 e. The van der Waals surface area contributed by atoms with Crippen molar-refractivity contribution < 1.29 is 5.11 Å². The van der Waals surface area contributed by atoms with Crippen molar-refractivity contribution in [3.05, 3.63) is 53.5 Å². The van der Waals surface area contributed by atoms with E-state index in [1.807, 2.05) is 30.5 Å². The highest BCUT2D eigenvalue weighted by molar-refractivity contribution is 7.13. The molecule has 3 aromatic rings. The first-order valence-corrected chi connectivity index (χ1v) is 6.29. The van der Waals surface area contributed by atoms with Crippen LogP contribution in [0.15, 0.2) is 48.0 Å². The number of pyridine rings is 1. The molecule has 1 N–H and O–H groups in total. The number of hydrogen-bond acceptors (Lipinski definition) is 3. The van der Waals surface area contributed by atoms with Crippen molar-refractivity contribution in [3.8, 4) is 10.4 Å². The normalized spacial score (nSPS) is 10.9. The number of hydrogen-bond donors (Lipinski definition) is 1. The van der Waals surface area contributed by atoms with Gasteiger partial charge < -0.3 is 5.11 Å². The van der Waals surface area contributed by atoms with Gasteiger partial charge in [0.25, 0.3) is 0 Å². The highest BCUT2D eigenvalue weighted by Gasteiger charge is 2.04. The average molecular weight is 241 g/mol. The van der Waals surface area contributed by atoms with Crippen molar-refractivity contribution in [2.24, 2.45) is 0 Å². The minimum atomic E-state index is 0.0485. The fraction of sp³-hybridized carbons (Fsp3) is 0.0714. The van der Waals surface area contributed by atoms with Crippen LogP contribution in [0.3, 0.4) is 0 Å². The summed E-state index contributed by atoms with van der Waals surface area (Å²) in [7, 11) is 0. The van der Waals surface area contributed by atoms with Gasteiger partial charge in [0, 0.05) is 22.0 Å². The molecule has 0 bridgehead atoms. The van der Waals surface area contributed by atoms with E-state index in [1.165, 1.54) is 4.88 Å². The highest BCUT2D eigenvalue weighted by Crippen LogP contribution is 2.27. The van der Waals surface area contributed by atoms with E-state index in [0.717, 1.165) is 22.0 Å². The number of aliphatic hydroxyl groups is 1. The number of benzene rings is 1. The van der Waals surface area contributed by atoms with Gasteiger partial charge in [0.1, 0.15) is 0 Å². The monoisotopic (exact) mass is 241 g/mol. The molecule has 2 nitrogen and oxygen atoms in total. The SMILES string of the molecule is OCc1cccc2ncc(-c3cccs3)cc12. The first-order valence-electron chi connectivity index (χ1n) is 5.41. The zero-order valence-corrected chi connectivity index (χ0v) is 9.95. The van der Waals surface area contributed by atoms with Crippen LogP contribution in [0.1, 0.15) is 5.56 Å². The second-order valence-electron chi connectivity index (χ2n) is 3.84. The lowest BCUT2D eigenvalue weighted by atomic mass is 10.1. The maximum Gasteiger partial charge on any atom is 0.0706 e.